The van der Waals surface area contributed by atoms with Crippen LogP contribution in [0.4, 0.5) is 0 Å². The molecule has 0 N–H and O–H groups in total. The fourth-order valence-electron chi connectivity index (χ4n) is 4.16. The zero-order valence-electron chi connectivity index (χ0n) is 14.9. The lowest BCUT2D eigenvalue weighted by Gasteiger charge is -2.25. The van der Waals surface area contributed by atoms with Crippen LogP contribution in [0.15, 0.2) is 72.8 Å². The Labute approximate surface area is 147 Å². The maximum Gasteiger partial charge on any atom is 0.0576 e. The average molecular weight is 323 g/mol. The molecule has 0 unspecified atom stereocenters. The number of hydrogen-bond donors (Lipinski definition) is 0. The average Bonchev–Trinajstić information content (AvgIpc) is 2.93. The van der Waals surface area contributed by atoms with E-state index in [2.05, 4.69) is 98.1 Å². The van der Waals surface area contributed by atoms with Crippen LogP contribution in [0.3, 0.4) is 0 Å². The van der Waals surface area contributed by atoms with Gasteiger partial charge in [-0.1, -0.05) is 60.7 Å². The minimum absolute atomic E-state index is 0.00653. The van der Waals surface area contributed by atoms with E-state index in [0.717, 1.165) is 0 Å². The van der Waals surface area contributed by atoms with Gasteiger partial charge in [-0.25, -0.2) is 0 Å². The summed E-state index contributed by atoms with van der Waals surface area (Å²) in [5.41, 5.74) is 2.67. The van der Waals surface area contributed by atoms with Crippen molar-refractivity contribution in [2.45, 2.75) is 26.3 Å². The maximum atomic E-state index is 2.52. The summed E-state index contributed by atoms with van der Waals surface area (Å²) in [6.45, 7) is 6.88. The van der Waals surface area contributed by atoms with E-state index >= 15 is 0 Å². The van der Waals surface area contributed by atoms with Crippen LogP contribution in [0.1, 0.15) is 20.8 Å². The molecule has 0 amide bonds. The Kier molecular flexibility index (Phi) is 2.82. The Morgan fingerprint density at radius 2 is 1.24 bits per heavy atom. The summed E-state index contributed by atoms with van der Waals surface area (Å²) in [6.07, 6.45) is 0. The summed E-state index contributed by atoms with van der Waals surface area (Å²) in [5, 5.41) is 7.91. The van der Waals surface area contributed by atoms with E-state index in [1.165, 1.54) is 43.4 Å². The van der Waals surface area contributed by atoms with Gasteiger partial charge < -0.3 is 4.57 Å². The monoisotopic (exact) mass is 323 g/mol. The molecule has 5 rings (SSSR count). The molecule has 0 saturated heterocycles. The second kappa shape index (κ2) is 4.86. The third-order valence-electron chi connectivity index (χ3n) is 5.19. The van der Waals surface area contributed by atoms with Gasteiger partial charge >= 0.3 is 0 Å². The molecule has 5 aromatic rings. The first-order valence-electron chi connectivity index (χ1n) is 8.89. The molecule has 1 heteroatoms. The van der Waals surface area contributed by atoms with Gasteiger partial charge in [-0.15, -0.1) is 0 Å². The molecule has 122 valence electrons. The van der Waals surface area contributed by atoms with Gasteiger partial charge in [0.05, 0.1) is 11.0 Å². The van der Waals surface area contributed by atoms with Crippen LogP contribution in [0, 0.1) is 0 Å². The number of benzene rings is 4. The molecule has 1 aromatic heterocycles. The van der Waals surface area contributed by atoms with Gasteiger partial charge in [-0.2, -0.15) is 0 Å². The summed E-state index contributed by atoms with van der Waals surface area (Å²) in [7, 11) is 0. The molecule has 0 radical (unpaired) electrons. The lowest BCUT2D eigenvalue weighted by molar-refractivity contribution is 0.424. The topological polar surface area (TPSA) is 4.93 Å². The second-order valence-electron chi connectivity index (χ2n) is 7.91. The standard InChI is InChI=1S/C24H21N/c1-24(2,3)25-22-15-18-10-5-4-9-17(18)14-21(22)20-13-12-16-8-6-7-11-19(16)23(20)25/h4-15H,1-3H3. The zero-order valence-corrected chi connectivity index (χ0v) is 14.9. The quantitative estimate of drug-likeness (QED) is 0.293. The van der Waals surface area contributed by atoms with Gasteiger partial charge in [-0.05, 0) is 49.1 Å². The lowest BCUT2D eigenvalue weighted by Crippen LogP contribution is -2.21. The van der Waals surface area contributed by atoms with Crippen molar-refractivity contribution in [2.24, 2.45) is 0 Å². The smallest absolute Gasteiger partial charge is 0.0576 e. The van der Waals surface area contributed by atoms with Crippen molar-refractivity contribution in [1.82, 2.24) is 4.57 Å². The summed E-state index contributed by atoms with van der Waals surface area (Å²) < 4.78 is 2.52. The van der Waals surface area contributed by atoms with Crippen LogP contribution in [-0.4, -0.2) is 4.57 Å². The molecule has 0 spiro atoms. The van der Waals surface area contributed by atoms with E-state index in [1.807, 2.05) is 0 Å². The van der Waals surface area contributed by atoms with Crippen LogP contribution in [0.5, 0.6) is 0 Å². The van der Waals surface area contributed by atoms with Gasteiger partial charge in [0.15, 0.2) is 0 Å². The summed E-state index contributed by atoms with van der Waals surface area (Å²) in [6, 6.07) is 26.6. The van der Waals surface area contributed by atoms with Gasteiger partial charge in [0, 0.05) is 21.7 Å². The molecule has 1 heterocycles. The van der Waals surface area contributed by atoms with Crippen molar-refractivity contribution in [3.05, 3.63) is 72.8 Å². The molecule has 0 aliphatic carbocycles. The Morgan fingerprint density at radius 3 is 1.96 bits per heavy atom. The van der Waals surface area contributed by atoms with Crippen molar-refractivity contribution in [2.75, 3.05) is 0 Å². The van der Waals surface area contributed by atoms with E-state index in [9.17, 15) is 0 Å². The Hall–Kier alpha value is -2.80. The van der Waals surface area contributed by atoms with Gasteiger partial charge in [0.25, 0.3) is 0 Å². The van der Waals surface area contributed by atoms with E-state index in [0.29, 0.717) is 0 Å². The molecule has 0 saturated carbocycles. The van der Waals surface area contributed by atoms with Crippen LogP contribution in [0.2, 0.25) is 0 Å². The molecule has 0 fully saturated rings. The molecule has 4 aromatic carbocycles. The first kappa shape index (κ1) is 14.5. The highest BCUT2D eigenvalue weighted by Crippen LogP contribution is 2.39. The predicted molar refractivity (Wildman–Crippen MR) is 109 cm³/mol. The lowest BCUT2D eigenvalue weighted by atomic mass is 10.0. The minimum Gasteiger partial charge on any atom is -0.335 e. The Bertz CT molecular complexity index is 1270. The second-order valence-corrected chi connectivity index (χ2v) is 7.91. The highest BCUT2D eigenvalue weighted by molar-refractivity contribution is 6.20. The first-order chi connectivity index (χ1) is 12.0. The minimum atomic E-state index is 0.00653. The number of rotatable bonds is 0. The molecular weight excluding hydrogens is 302 g/mol. The van der Waals surface area contributed by atoms with Gasteiger partial charge in [-0.3, -0.25) is 0 Å². The number of fused-ring (bicyclic) bond motifs is 6. The van der Waals surface area contributed by atoms with Crippen molar-refractivity contribution in [3.8, 4) is 0 Å². The van der Waals surface area contributed by atoms with Crippen molar-refractivity contribution in [1.29, 1.82) is 0 Å². The summed E-state index contributed by atoms with van der Waals surface area (Å²) >= 11 is 0. The zero-order chi connectivity index (χ0) is 17.2. The van der Waals surface area contributed by atoms with Crippen LogP contribution in [-0.2, 0) is 5.54 Å². The highest BCUT2D eigenvalue weighted by atomic mass is 15.0. The van der Waals surface area contributed by atoms with Gasteiger partial charge in [0.1, 0.15) is 0 Å². The molecule has 0 aliphatic rings. The first-order valence-corrected chi connectivity index (χ1v) is 8.89. The van der Waals surface area contributed by atoms with Crippen LogP contribution >= 0.6 is 0 Å². The number of hydrogen-bond acceptors (Lipinski definition) is 0. The number of nitrogens with zero attached hydrogens (tertiary/aromatic N) is 1. The maximum absolute atomic E-state index is 2.52. The van der Waals surface area contributed by atoms with Crippen LogP contribution in [0.25, 0.3) is 43.4 Å². The van der Waals surface area contributed by atoms with Crippen molar-refractivity contribution in [3.63, 3.8) is 0 Å². The van der Waals surface area contributed by atoms with Crippen molar-refractivity contribution < 1.29 is 0 Å². The molecule has 0 atom stereocenters. The van der Waals surface area contributed by atoms with E-state index in [1.54, 1.807) is 0 Å². The van der Waals surface area contributed by atoms with E-state index < -0.39 is 0 Å². The molecular formula is C24H21N. The predicted octanol–water partition coefficient (Wildman–Crippen LogP) is 6.86. The Morgan fingerprint density at radius 1 is 0.600 bits per heavy atom. The summed E-state index contributed by atoms with van der Waals surface area (Å²) in [5.74, 6) is 0. The Balaban J connectivity index is 2.12. The van der Waals surface area contributed by atoms with Crippen LogP contribution < -0.4 is 0 Å². The van der Waals surface area contributed by atoms with E-state index in [4.69, 9.17) is 0 Å². The SMILES string of the molecule is CC(C)(C)n1c2cc3ccccc3cc2c2ccc3ccccc3c21. The largest absolute Gasteiger partial charge is 0.335 e. The van der Waals surface area contributed by atoms with Crippen molar-refractivity contribution >= 4 is 43.4 Å². The number of aromatic nitrogens is 1. The molecule has 1 nitrogen and oxygen atoms in total. The van der Waals surface area contributed by atoms with Gasteiger partial charge in [0.2, 0.25) is 0 Å². The fourth-order valence-corrected chi connectivity index (χ4v) is 4.16. The van der Waals surface area contributed by atoms with E-state index in [-0.39, 0.29) is 5.54 Å². The molecule has 0 bridgehead atoms. The molecule has 25 heavy (non-hydrogen) atoms. The molecule has 0 aliphatic heterocycles. The third-order valence-corrected chi connectivity index (χ3v) is 5.19. The third kappa shape index (κ3) is 2.02. The highest BCUT2D eigenvalue weighted by Gasteiger charge is 2.22. The fraction of sp³-hybridized carbons (Fsp3) is 0.167. The normalized spacial score (nSPS) is 12.6. The summed E-state index contributed by atoms with van der Waals surface area (Å²) in [4.78, 5) is 0.